The number of aromatic nitrogens is 12. The van der Waals surface area contributed by atoms with Gasteiger partial charge in [0.25, 0.3) is 0 Å². The molecule has 23 heteroatoms. The largest absolute Gasteiger partial charge is 0.381 e. The van der Waals surface area contributed by atoms with E-state index in [2.05, 4.69) is 103 Å². The van der Waals surface area contributed by atoms with Crippen LogP contribution in [0, 0.1) is 0 Å². The summed E-state index contributed by atoms with van der Waals surface area (Å²) in [6.45, 7) is 18.1. The summed E-state index contributed by atoms with van der Waals surface area (Å²) in [6, 6.07) is 17.1. The molecule has 3 N–H and O–H groups in total. The third-order valence-electron chi connectivity index (χ3n) is 15.4. The Bertz CT molecular complexity index is 3580. The third kappa shape index (κ3) is 15.7. The predicted molar refractivity (Wildman–Crippen MR) is 318 cm³/mol. The lowest BCUT2D eigenvalue weighted by Crippen LogP contribution is -2.39. The van der Waals surface area contributed by atoms with Gasteiger partial charge in [-0.25, -0.2) is 19.9 Å². The molecule has 0 radical (unpaired) electrons. The molecule has 2 unspecified atom stereocenters. The van der Waals surface area contributed by atoms with Gasteiger partial charge < -0.3 is 34.5 Å². The number of anilines is 4. The number of hydrogen-bond donors (Lipinski definition) is 3. The molecule has 2 fully saturated rings. The molecule has 23 nitrogen and oxygen atoms in total. The minimum atomic E-state index is -0.310. The molecular weight excluding hydrogens is 1080 g/mol. The number of rotatable bonds is 13. The van der Waals surface area contributed by atoms with Gasteiger partial charge in [0.05, 0.1) is 48.4 Å². The molecule has 4 aliphatic rings. The zero-order chi connectivity index (χ0) is 59.7. The lowest BCUT2D eigenvalue weighted by atomic mass is 9.87. The fourth-order valence-corrected chi connectivity index (χ4v) is 10.7. The molecule has 0 saturated carbocycles. The van der Waals surface area contributed by atoms with Crippen LogP contribution in [0.3, 0.4) is 0 Å². The van der Waals surface area contributed by atoms with Crippen LogP contribution in [0.5, 0.6) is 0 Å². The Morgan fingerprint density at radius 3 is 1.62 bits per heavy atom. The molecule has 0 spiro atoms. The lowest BCUT2D eigenvalue weighted by Gasteiger charge is -2.33. The van der Waals surface area contributed by atoms with Crippen LogP contribution in [0.4, 0.5) is 23.3 Å². The predicted octanol–water partition coefficient (Wildman–Crippen LogP) is 9.56. The molecule has 0 bridgehead atoms. The monoisotopic (exact) mass is 1160 g/mol. The summed E-state index contributed by atoms with van der Waals surface area (Å²) in [5.74, 6) is 2.57. The fraction of sp³-hybridized carbons (Fsp3) is 0.468. The lowest BCUT2D eigenvalue weighted by molar-refractivity contribution is -0.124. The Morgan fingerprint density at radius 1 is 0.635 bits per heavy atom. The quantitative estimate of drug-likeness (QED) is 0.0906. The second-order valence-corrected chi connectivity index (χ2v) is 24.1. The van der Waals surface area contributed by atoms with Gasteiger partial charge >= 0.3 is 0 Å². The van der Waals surface area contributed by atoms with Gasteiger partial charge in [-0.15, -0.1) is 0 Å². The summed E-state index contributed by atoms with van der Waals surface area (Å²) < 4.78 is 24.8. The number of ether oxygens (including phenoxy) is 2. The number of nitrogens with zero attached hydrogens (tertiary/aromatic N) is 13. The second kappa shape index (κ2) is 26.8. The van der Waals surface area contributed by atoms with Gasteiger partial charge in [-0.3, -0.25) is 28.6 Å². The fourth-order valence-electron chi connectivity index (χ4n) is 10.7. The highest BCUT2D eigenvalue weighted by Gasteiger charge is 2.32. The van der Waals surface area contributed by atoms with E-state index in [1.54, 1.807) is 34.2 Å². The maximum atomic E-state index is 13.4. The van der Waals surface area contributed by atoms with Gasteiger partial charge in [-0.1, -0.05) is 76.1 Å². The van der Waals surface area contributed by atoms with Crippen molar-refractivity contribution < 1.29 is 32.9 Å². The summed E-state index contributed by atoms with van der Waals surface area (Å²) in [7, 11) is 3.73. The zero-order valence-corrected chi connectivity index (χ0v) is 49.8. The molecule has 2 aromatic carbocycles. The number of Topliss-reactive ketones (excluding diaryl/α,β-unsaturated/α-hetero) is 3. The SMILES string of the molecule is Cn1cc(Nc2nccc(-c3ccc4c(c3)CN(C3CCOCC3)CCC4CC(=O)c3noc(C(C)(C)C)n3)n2)cn1.Cn1cc(Nc2nccc(-c3ccc4c(c3)CNCCC4CC(=O)c3noc(C(C)(C)C)n3)n2)cn1.O=C1CCOCC1. The third-order valence-corrected chi connectivity index (χ3v) is 15.4. The molecule has 8 aromatic rings. The summed E-state index contributed by atoms with van der Waals surface area (Å²) >= 11 is 0. The van der Waals surface area contributed by atoms with Gasteiger partial charge in [-0.2, -0.15) is 20.2 Å². The molecular formula is C62H76N16O7. The maximum absolute atomic E-state index is 13.4. The first-order chi connectivity index (χ1) is 40.9. The minimum Gasteiger partial charge on any atom is -0.381 e. The summed E-state index contributed by atoms with van der Waals surface area (Å²) in [6.07, 6.45) is 16.4. The van der Waals surface area contributed by atoms with E-state index in [1.165, 1.54) is 16.7 Å². The van der Waals surface area contributed by atoms with E-state index in [1.807, 2.05) is 80.2 Å². The van der Waals surface area contributed by atoms with E-state index in [0.29, 0.717) is 74.4 Å². The first kappa shape index (κ1) is 59.9. The maximum Gasteiger partial charge on any atom is 0.238 e. The van der Waals surface area contributed by atoms with E-state index < -0.39 is 0 Å². The number of ketones is 3. The van der Waals surface area contributed by atoms with Crippen LogP contribution in [0.1, 0.15) is 160 Å². The normalized spacial score (nSPS) is 17.7. The van der Waals surface area contributed by atoms with Crippen molar-refractivity contribution >= 4 is 40.6 Å². The van der Waals surface area contributed by atoms with Crippen LogP contribution in [-0.2, 0) is 52.3 Å². The van der Waals surface area contributed by atoms with Crippen molar-refractivity contribution in [1.82, 2.24) is 70.0 Å². The van der Waals surface area contributed by atoms with Crippen molar-refractivity contribution in [3.63, 3.8) is 0 Å². The molecule has 4 aliphatic heterocycles. The van der Waals surface area contributed by atoms with Crippen molar-refractivity contribution in [3.8, 4) is 22.5 Å². The number of nitrogens with one attached hydrogen (secondary N) is 3. The van der Waals surface area contributed by atoms with Crippen molar-refractivity contribution in [2.24, 2.45) is 14.1 Å². The Hall–Kier alpha value is -8.25. The first-order valence-corrected chi connectivity index (χ1v) is 29.2. The van der Waals surface area contributed by atoms with E-state index in [9.17, 15) is 14.4 Å². The van der Waals surface area contributed by atoms with Gasteiger partial charge in [-0.05, 0) is 97.1 Å². The molecule has 2 saturated heterocycles. The minimum absolute atomic E-state index is 0.0520. The number of carbonyl (C=O) groups excluding carboxylic acids is 3. The molecule has 12 rings (SSSR count). The van der Waals surface area contributed by atoms with E-state index in [0.717, 1.165) is 105 Å². The molecule has 85 heavy (non-hydrogen) atoms. The number of hydrogen-bond acceptors (Lipinski definition) is 21. The van der Waals surface area contributed by atoms with Gasteiger partial charge in [0.2, 0.25) is 46.9 Å². The Kier molecular flexibility index (Phi) is 18.9. The Morgan fingerprint density at radius 2 is 1.14 bits per heavy atom. The van der Waals surface area contributed by atoms with Gasteiger partial charge in [0.15, 0.2) is 0 Å². The first-order valence-electron chi connectivity index (χ1n) is 29.2. The molecule has 0 amide bonds. The molecule has 2 atom stereocenters. The molecule has 0 aliphatic carbocycles. The topological polar surface area (TPSA) is 274 Å². The van der Waals surface area contributed by atoms with E-state index >= 15 is 0 Å². The molecule has 10 heterocycles. The zero-order valence-electron chi connectivity index (χ0n) is 49.8. The van der Waals surface area contributed by atoms with Crippen LogP contribution in [0.25, 0.3) is 22.5 Å². The summed E-state index contributed by atoms with van der Waals surface area (Å²) in [5.41, 5.74) is 9.44. The highest BCUT2D eigenvalue weighted by Crippen LogP contribution is 2.37. The van der Waals surface area contributed by atoms with E-state index in [4.69, 9.17) is 23.5 Å². The average Bonchev–Trinajstić information content (AvgIpc) is 3.99. The van der Waals surface area contributed by atoms with Crippen molar-refractivity contribution in [2.45, 2.75) is 135 Å². The van der Waals surface area contributed by atoms with Crippen LogP contribution in [0.15, 0.2) is 94.8 Å². The Balaban J connectivity index is 0.000000171. The van der Waals surface area contributed by atoms with Gasteiger partial charge in [0, 0.05) is 119 Å². The van der Waals surface area contributed by atoms with Gasteiger partial charge in [0.1, 0.15) is 5.78 Å². The van der Waals surface area contributed by atoms with Crippen LogP contribution >= 0.6 is 0 Å². The van der Waals surface area contributed by atoms with Crippen LogP contribution in [-0.4, -0.2) is 128 Å². The smallest absolute Gasteiger partial charge is 0.238 e. The summed E-state index contributed by atoms with van der Waals surface area (Å²) in [5, 5.41) is 26.2. The molecule has 446 valence electrons. The number of carbonyl (C=O) groups is 3. The number of aryl methyl sites for hydroxylation is 2. The van der Waals surface area contributed by atoms with Crippen LogP contribution < -0.4 is 16.0 Å². The van der Waals surface area contributed by atoms with E-state index in [-0.39, 0.29) is 45.9 Å². The van der Waals surface area contributed by atoms with Crippen molar-refractivity contribution in [2.75, 3.05) is 50.2 Å². The molecule has 6 aromatic heterocycles. The highest BCUT2D eigenvalue weighted by atomic mass is 16.5. The summed E-state index contributed by atoms with van der Waals surface area (Å²) in [4.78, 5) is 66.3. The Labute approximate surface area is 494 Å². The average molecular weight is 1160 g/mol. The van der Waals surface area contributed by atoms with Crippen LogP contribution in [0.2, 0.25) is 0 Å². The highest BCUT2D eigenvalue weighted by molar-refractivity contribution is 5.93. The number of fused-ring (bicyclic) bond motifs is 2. The number of benzene rings is 2. The second-order valence-electron chi connectivity index (χ2n) is 24.1. The van der Waals surface area contributed by atoms with Crippen molar-refractivity contribution in [1.29, 1.82) is 0 Å². The standard InChI is InChI=1S/C31H38N8O3.C26H30N8O2.C5H8O2/c1-31(2,3)29-36-28(37-42-29)27(40)16-20-8-12-39(24-9-13-41-14-10-24)18-22-15-21(5-6-25(20)22)26-7-11-32-30(35-26)34-23-17-33-38(4)19-23;1-26(2,3)24-32-23(33-36-24)22(35)12-16-7-9-27-13-18-11-17(5-6-20(16)18)21-8-10-28-25(31-21)30-19-14-29-34(4)15-19;6-5-1-3-7-4-2-5/h5-7,11,15,17,19-20,24H,8-10,12-14,16,18H2,1-4H3,(H,32,34,35);5-6,8,10-11,14-16,27H,7,9,12-13H2,1-4H3,(H,28,30,31);1-4H2. The van der Waals surface area contributed by atoms with Crippen molar-refractivity contribution in [3.05, 3.63) is 131 Å².